The highest BCUT2D eigenvalue weighted by Gasteiger charge is 2.15. The average Bonchev–Trinajstić information content (AvgIpc) is 3.37. The molecule has 0 amide bonds. The van der Waals surface area contributed by atoms with E-state index in [0.29, 0.717) is 0 Å². The molecule has 2 heteroatoms. The molecule has 0 aliphatic heterocycles. The van der Waals surface area contributed by atoms with Crippen molar-refractivity contribution in [1.29, 1.82) is 0 Å². The number of nitrogens with zero attached hydrogens (tertiary/aromatic N) is 2. The van der Waals surface area contributed by atoms with E-state index in [4.69, 9.17) is 0 Å². The molecule has 7 aromatic carbocycles. The molecule has 1 aromatic heterocycles. The minimum absolute atomic E-state index is 1.12. The summed E-state index contributed by atoms with van der Waals surface area (Å²) in [4.78, 5) is 2.32. The van der Waals surface area contributed by atoms with Crippen LogP contribution in [0.25, 0.3) is 54.8 Å². The Bertz CT molecular complexity index is 2210. The standard InChI is InChI=1S/C41H30N2/c1-42-39-27-21-32-12-8-9-15-37(32)41(39)38-26-20-33(28-40(38)42)31-18-24-36(25-19-31)43(34-13-6-3-7-14-34)35-22-16-30(17-23-35)29-10-4-2-5-11-29/h2-28H,1H3. The Labute approximate surface area is 251 Å². The first-order valence-electron chi connectivity index (χ1n) is 14.8. The smallest absolute Gasteiger partial charge is 0.0495 e. The van der Waals surface area contributed by atoms with Crippen LogP contribution in [-0.2, 0) is 7.05 Å². The first-order chi connectivity index (χ1) is 21.2. The van der Waals surface area contributed by atoms with Crippen molar-refractivity contribution in [3.05, 3.63) is 164 Å². The van der Waals surface area contributed by atoms with Crippen LogP contribution in [0, 0.1) is 0 Å². The van der Waals surface area contributed by atoms with Crippen molar-refractivity contribution in [2.24, 2.45) is 7.05 Å². The van der Waals surface area contributed by atoms with E-state index >= 15 is 0 Å². The minimum atomic E-state index is 1.12. The second-order valence-corrected chi connectivity index (χ2v) is 11.1. The zero-order chi connectivity index (χ0) is 28.8. The molecule has 0 aliphatic rings. The van der Waals surface area contributed by atoms with Gasteiger partial charge in [-0.3, -0.25) is 0 Å². The van der Waals surface area contributed by atoms with Crippen molar-refractivity contribution in [2.75, 3.05) is 4.90 Å². The van der Waals surface area contributed by atoms with E-state index in [2.05, 4.69) is 180 Å². The third-order valence-electron chi connectivity index (χ3n) is 8.60. The molecule has 0 unspecified atom stereocenters. The summed E-state index contributed by atoms with van der Waals surface area (Å²) >= 11 is 0. The number of fused-ring (bicyclic) bond motifs is 5. The van der Waals surface area contributed by atoms with Crippen LogP contribution in [0.4, 0.5) is 17.1 Å². The number of hydrogen-bond donors (Lipinski definition) is 0. The summed E-state index contributed by atoms with van der Waals surface area (Å²) in [6.45, 7) is 0. The fourth-order valence-electron chi connectivity index (χ4n) is 6.41. The quantitative estimate of drug-likeness (QED) is 0.207. The molecule has 1 heterocycles. The molecular weight excluding hydrogens is 520 g/mol. The van der Waals surface area contributed by atoms with Gasteiger partial charge in [0.1, 0.15) is 0 Å². The van der Waals surface area contributed by atoms with Gasteiger partial charge in [0.05, 0.1) is 0 Å². The molecule has 43 heavy (non-hydrogen) atoms. The summed E-state index contributed by atoms with van der Waals surface area (Å²) in [6.07, 6.45) is 0. The summed E-state index contributed by atoms with van der Waals surface area (Å²) in [5.74, 6) is 0. The van der Waals surface area contributed by atoms with Gasteiger partial charge in [0.2, 0.25) is 0 Å². The largest absolute Gasteiger partial charge is 0.344 e. The Morgan fingerprint density at radius 3 is 1.63 bits per heavy atom. The van der Waals surface area contributed by atoms with E-state index in [1.807, 2.05) is 0 Å². The van der Waals surface area contributed by atoms with Crippen LogP contribution in [0.5, 0.6) is 0 Å². The maximum Gasteiger partial charge on any atom is 0.0495 e. The SMILES string of the molecule is Cn1c2cc(-c3ccc(N(c4ccccc4)c4ccc(-c5ccccc5)cc4)cc3)ccc2c2c3ccccc3ccc21. The van der Waals surface area contributed by atoms with Gasteiger partial charge in [-0.05, 0) is 81.6 Å². The summed E-state index contributed by atoms with van der Waals surface area (Å²) in [5, 5.41) is 5.21. The summed E-state index contributed by atoms with van der Waals surface area (Å²) < 4.78 is 2.32. The Balaban J connectivity index is 1.18. The molecule has 0 atom stereocenters. The van der Waals surface area contributed by atoms with Crippen molar-refractivity contribution in [1.82, 2.24) is 4.57 Å². The summed E-state index contributed by atoms with van der Waals surface area (Å²) in [6, 6.07) is 58.9. The first-order valence-corrected chi connectivity index (χ1v) is 14.8. The van der Waals surface area contributed by atoms with Crippen LogP contribution in [-0.4, -0.2) is 4.57 Å². The van der Waals surface area contributed by atoms with E-state index < -0.39 is 0 Å². The Hall–Kier alpha value is -5.60. The second-order valence-electron chi connectivity index (χ2n) is 11.1. The fraction of sp³-hybridized carbons (Fsp3) is 0.0244. The number of hydrogen-bond acceptors (Lipinski definition) is 1. The van der Waals surface area contributed by atoms with Crippen LogP contribution in [0.1, 0.15) is 0 Å². The number of aromatic nitrogens is 1. The van der Waals surface area contributed by atoms with Crippen LogP contribution < -0.4 is 4.90 Å². The highest BCUT2D eigenvalue weighted by atomic mass is 15.1. The molecule has 204 valence electrons. The minimum Gasteiger partial charge on any atom is -0.344 e. The molecule has 8 aromatic rings. The first kappa shape index (κ1) is 25.1. The lowest BCUT2D eigenvalue weighted by Crippen LogP contribution is -2.09. The highest BCUT2D eigenvalue weighted by Crippen LogP contribution is 2.39. The van der Waals surface area contributed by atoms with E-state index in [9.17, 15) is 0 Å². The van der Waals surface area contributed by atoms with Gasteiger partial charge in [-0.25, -0.2) is 0 Å². The second kappa shape index (κ2) is 10.3. The molecule has 0 saturated carbocycles. The van der Waals surface area contributed by atoms with Crippen LogP contribution >= 0.6 is 0 Å². The summed E-state index contributed by atoms with van der Waals surface area (Å²) in [5.41, 5.74) is 10.7. The molecule has 0 N–H and O–H groups in total. The number of para-hydroxylation sites is 1. The van der Waals surface area contributed by atoms with Crippen molar-refractivity contribution in [3.8, 4) is 22.3 Å². The van der Waals surface area contributed by atoms with Gasteiger partial charge in [-0.2, -0.15) is 0 Å². The normalized spacial score (nSPS) is 11.4. The molecular formula is C41H30N2. The van der Waals surface area contributed by atoms with E-state index in [1.165, 1.54) is 54.8 Å². The Kier molecular flexibility index (Phi) is 6.05. The van der Waals surface area contributed by atoms with Crippen LogP contribution in [0.3, 0.4) is 0 Å². The predicted octanol–water partition coefficient (Wildman–Crippen LogP) is 11.3. The predicted molar refractivity (Wildman–Crippen MR) is 183 cm³/mol. The van der Waals surface area contributed by atoms with E-state index in [1.54, 1.807) is 0 Å². The molecule has 0 saturated heterocycles. The van der Waals surface area contributed by atoms with Crippen LogP contribution in [0.15, 0.2) is 164 Å². The summed E-state index contributed by atoms with van der Waals surface area (Å²) in [7, 11) is 2.17. The fourth-order valence-corrected chi connectivity index (χ4v) is 6.41. The maximum atomic E-state index is 2.33. The van der Waals surface area contributed by atoms with Gasteiger partial charge in [0, 0.05) is 45.9 Å². The molecule has 8 rings (SSSR count). The van der Waals surface area contributed by atoms with Gasteiger partial charge >= 0.3 is 0 Å². The Morgan fingerprint density at radius 2 is 0.930 bits per heavy atom. The van der Waals surface area contributed by atoms with Gasteiger partial charge < -0.3 is 9.47 Å². The Morgan fingerprint density at radius 1 is 0.395 bits per heavy atom. The monoisotopic (exact) mass is 550 g/mol. The van der Waals surface area contributed by atoms with Crippen molar-refractivity contribution < 1.29 is 0 Å². The van der Waals surface area contributed by atoms with Crippen LogP contribution in [0.2, 0.25) is 0 Å². The van der Waals surface area contributed by atoms with Gasteiger partial charge in [-0.15, -0.1) is 0 Å². The van der Waals surface area contributed by atoms with Gasteiger partial charge in [-0.1, -0.05) is 115 Å². The third kappa shape index (κ3) is 4.36. The van der Waals surface area contributed by atoms with Gasteiger partial charge in [0.25, 0.3) is 0 Å². The van der Waals surface area contributed by atoms with Crippen molar-refractivity contribution >= 4 is 49.6 Å². The van der Waals surface area contributed by atoms with E-state index in [0.717, 1.165) is 17.1 Å². The maximum absolute atomic E-state index is 2.33. The number of rotatable bonds is 5. The highest BCUT2D eigenvalue weighted by molar-refractivity contribution is 6.21. The lowest BCUT2D eigenvalue weighted by molar-refractivity contribution is 1.01. The zero-order valence-corrected chi connectivity index (χ0v) is 24.0. The molecule has 0 bridgehead atoms. The van der Waals surface area contributed by atoms with Gasteiger partial charge in [0.15, 0.2) is 0 Å². The molecule has 0 spiro atoms. The molecule has 2 nitrogen and oxygen atoms in total. The molecule has 0 radical (unpaired) electrons. The third-order valence-corrected chi connectivity index (χ3v) is 8.60. The number of benzene rings is 7. The lowest BCUT2D eigenvalue weighted by Gasteiger charge is -2.26. The van der Waals surface area contributed by atoms with Crippen molar-refractivity contribution in [2.45, 2.75) is 0 Å². The molecule has 0 aliphatic carbocycles. The zero-order valence-electron chi connectivity index (χ0n) is 24.0. The van der Waals surface area contributed by atoms with Crippen molar-refractivity contribution in [3.63, 3.8) is 0 Å². The number of aryl methyl sites for hydroxylation is 1. The van der Waals surface area contributed by atoms with E-state index in [-0.39, 0.29) is 0 Å². The average molecular weight is 551 g/mol. The topological polar surface area (TPSA) is 8.17 Å². The molecule has 0 fully saturated rings. The number of anilines is 3. The lowest BCUT2D eigenvalue weighted by atomic mass is 10.0.